The number of amides is 1. The molecule has 1 amide bonds. The van der Waals surface area contributed by atoms with Gasteiger partial charge < -0.3 is 14.4 Å². The number of rotatable bonds is 2. The van der Waals surface area contributed by atoms with Gasteiger partial charge in [0.05, 0.1) is 34.9 Å². The van der Waals surface area contributed by atoms with E-state index in [1.54, 1.807) is 4.90 Å². The van der Waals surface area contributed by atoms with E-state index in [1.807, 2.05) is 0 Å². The second kappa shape index (κ2) is 6.71. The average molecular weight is 348 g/mol. The van der Waals surface area contributed by atoms with Gasteiger partial charge in [0.1, 0.15) is 5.82 Å². The fourth-order valence-corrected chi connectivity index (χ4v) is 3.40. The number of likely N-dealkylation sites (tertiary alicyclic amines) is 1. The van der Waals surface area contributed by atoms with E-state index in [9.17, 15) is 9.18 Å². The first-order chi connectivity index (χ1) is 10.6. The number of carbonyl (C=O) groups excluding carboxylic acids is 1. The van der Waals surface area contributed by atoms with Crippen molar-refractivity contribution in [3.05, 3.63) is 33.6 Å². The molecule has 2 aliphatic heterocycles. The number of carbonyl (C=O) groups is 1. The predicted octanol–water partition coefficient (Wildman–Crippen LogP) is 3.50. The molecule has 0 spiro atoms. The summed E-state index contributed by atoms with van der Waals surface area (Å²) in [5.41, 5.74) is 0.119. The molecule has 1 aromatic carbocycles. The quantitative estimate of drug-likeness (QED) is 0.768. The maximum atomic E-state index is 13.7. The van der Waals surface area contributed by atoms with Crippen molar-refractivity contribution in [3.63, 3.8) is 0 Å². The van der Waals surface area contributed by atoms with E-state index in [0.717, 1.165) is 25.3 Å². The maximum absolute atomic E-state index is 13.7. The van der Waals surface area contributed by atoms with Crippen molar-refractivity contribution in [2.45, 2.75) is 31.6 Å². The molecular weight excluding hydrogens is 332 g/mol. The zero-order valence-corrected chi connectivity index (χ0v) is 13.4. The lowest BCUT2D eigenvalue weighted by atomic mass is 10.00. The van der Waals surface area contributed by atoms with Crippen LogP contribution in [0.25, 0.3) is 0 Å². The summed E-state index contributed by atoms with van der Waals surface area (Å²) in [5, 5.41) is 0.0492. The first kappa shape index (κ1) is 16.0. The predicted molar refractivity (Wildman–Crippen MR) is 80.8 cm³/mol. The molecule has 2 heterocycles. The number of ether oxygens (including phenoxy) is 2. The van der Waals surface area contributed by atoms with Gasteiger partial charge in [-0.1, -0.05) is 23.2 Å². The van der Waals surface area contributed by atoms with Crippen LogP contribution in [0.5, 0.6) is 0 Å². The summed E-state index contributed by atoms with van der Waals surface area (Å²) in [6.07, 6.45) is 2.27. The molecule has 2 aliphatic rings. The second-order valence-corrected chi connectivity index (χ2v) is 6.23. The Kier molecular flexibility index (Phi) is 4.88. The van der Waals surface area contributed by atoms with Crippen molar-refractivity contribution < 1.29 is 18.7 Å². The lowest BCUT2D eigenvalue weighted by Gasteiger charge is -2.38. The Morgan fingerprint density at radius 3 is 2.64 bits per heavy atom. The van der Waals surface area contributed by atoms with Crippen LogP contribution in [0.2, 0.25) is 10.0 Å². The molecular formula is C15H16Cl2FNO3. The molecule has 4 nitrogen and oxygen atoms in total. The van der Waals surface area contributed by atoms with Crippen LogP contribution in [0.4, 0.5) is 4.39 Å². The van der Waals surface area contributed by atoms with Crippen molar-refractivity contribution in [2.24, 2.45) is 0 Å². The molecule has 22 heavy (non-hydrogen) atoms. The number of halogens is 3. The molecule has 0 aromatic heterocycles. The lowest BCUT2D eigenvalue weighted by molar-refractivity contribution is -0.100. The minimum atomic E-state index is -0.656. The Balaban J connectivity index is 1.87. The van der Waals surface area contributed by atoms with Crippen molar-refractivity contribution in [2.75, 3.05) is 19.8 Å². The van der Waals surface area contributed by atoms with Gasteiger partial charge in [0.15, 0.2) is 6.29 Å². The van der Waals surface area contributed by atoms with Gasteiger partial charge in [-0.05, 0) is 31.4 Å². The molecule has 3 rings (SSSR count). The molecule has 0 aliphatic carbocycles. The zero-order valence-electron chi connectivity index (χ0n) is 11.9. The van der Waals surface area contributed by atoms with Crippen LogP contribution >= 0.6 is 23.2 Å². The second-order valence-electron chi connectivity index (χ2n) is 5.42. The van der Waals surface area contributed by atoms with Gasteiger partial charge >= 0.3 is 0 Å². The standard InChI is InChI=1S/C15H16Cl2FNO3/c16-10-8-11(17)12(18)7-9(10)14(20)19-4-2-1-3-13(19)15-21-5-6-22-15/h7-8,13,15H,1-6H2. The summed E-state index contributed by atoms with van der Waals surface area (Å²) in [6.45, 7) is 1.63. The van der Waals surface area contributed by atoms with Crippen LogP contribution < -0.4 is 0 Å². The van der Waals surface area contributed by atoms with Crippen LogP contribution in [0, 0.1) is 5.82 Å². The molecule has 0 saturated carbocycles. The van der Waals surface area contributed by atoms with Gasteiger partial charge in [0, 0.05) is 6.54 Å². The van der Waals surface area contributed by atoms with E-state index in [4.69, 9.17) is 32.7 Å². The molecule has 2 fully saturated rings. The monoisotopic (exact) mass is 347 g/mol. The van der Waals surface area contributed by atoms with Crippen molar-refractivity contribution in [1.29, 1.82) is 0 Å². The van der Waals surface area contributed by atoms with Crippen LogP contribution in [0.1, 0.15) is 29.6 Å². The highest BCUT2D eigenvalue weighted by atomic mass is 35.5. The minimum absolute atomic E-state index is 0.0980. The number of nitrogens with zero attached hydrogens (tertiary/aromatic N) is 1. The van der Waals surface area contributed by atoms with Crippen molar-refractivity contribution in [1.82, 2.24) is 4.90 Å². The molecule has 1 atom stereocenters. The normalized spacial score (nSPS) is 23.0. The van der Waals surface area contributed by atoms with Gasteiger partial charge in [0.2, 0.25) is 0 Å². The summed E-state index contributed by atoms with van der Waals surface area (Å²) in [5.74, 6) is -0.972. The summed E-state index contributed by atoms with van der Waals surface area (Å²) < 4.78 is 24.7. The number of piperidine rings is 1. The van der Waals surface area contributed by atoms with E-state index in [-0.39, 0.29) is 27.6 Å². The Morgan fingerprint density at radius 1 is 1.18 bits per heavy atom. The fourth-order valence-electron chi connectivity index (χ4n) is 2.93. The van der Waals surface area contributed by atoms with Crippen LogP contribution in [-0.4, -0.2) is 42.9 Å². The Labute approximate surface area is 138 Å². The topological polar surface area (TPSA) is 38.8 Å². The number of hydrogen-bond donors (Lipinski definition) is 0. The fraction of sp³-hybridized carbons (Fsp3) is 0.533. The van der Waals surface area contributed by atoms with Crippen molar-refractivity contribution >= 4 is 29.1 Å². The first-order valence-corrected chi connectivity index (χ1v) is 8.02. The molecule has 1 aromatic rings. The summed E-state index contributed by atoms with van der Waals surface area (Å²) in [7, 11) is 0. The van der Waals surface area contributed by atoms with E-state index < -0.39 is 12.1 Å². The van der Waals surface area contributed by atoms with Crippen molar-refractivity contribution in [3.8, 4) is 0 Å². The van der Waals surface area contributed by atoms with Crippen LogP contribution in [0.15, 0.2) is 12.1 Å². The van der Waals surface area contributed by atoms with E-state index >= 15 is 0 Å². The Bertz CT molecular complexity index is 578. The van der Waals surface area contributed by atoms with E-state index in [2.05, 4.69) is 0 Å². The highest BCUT2D eigenvalue weighted by Gasteiger charge is 2.37. The van der Waals surface area contributed by atoms with Gasteiger partial charge in [-0.25, -0.2) is 4.39 Å². The Hall–Kier alpha value is -0.880. The smallest absolute Gasteiger partial charge is 0.255 e. The zero-order chi connectivity index (χ0) is 15.7. The van der Waals surface area contributed by atoms with Crippen LogP contribution in [-0.2, 0) is 9.47 Å². The lowest BCUT2D eigenvalue weighted by Crippen LogP contribution is -2.50. The summed E-state index contributed by atoms with van der Waals surface area (Å²) >= 11 is 11.7. The largest absolute Gasteiger partial charge is 0.348 e. The third-order valence-electron chi connectivity index (χ3n) is 4.01. The van der Waals surface area contributed by atoms with Gasteiger partial charge in [-0.2, -0.15) is 0 Å². The molecule has 0 radical (unpaired) electrons. The molecule has 120 valence electrons. The minimum Gasteiger partial charge on any atom is -0.348 e. The summed E-state index contributed by atoms with van der Waals surface area (Å²) in [4.78, 5) is 14.4. The highest BCUT2D eigenvalue weighted by molar-refractivity contribution is 6.36. The molecule has 2 saturated heterocycles. The van der Waals surface area contributed by atoms with Gasteiger partial charge in [-0.15, -0.1) is 0 Å². The SMILES string of the molecule is O=C(c1cc(F)c(Cl)cc1Cl)N1CCCCC1C1OCCO1. The Morgan fingerprint density at radius 2 is 1.91 bits per heavy atom. The highest BCUT2D eigenvalue weighted by Crippen LogP contribution is 2.30. The average Bonchev–Trinajstić information content (AvgIpc) is 3.04. The third kappa shape index (κ3) is 3.08. The molecule has 1 unspecified atom stereocenters. The van der Waals surface area contributed by atoms with E-state index in [1.165, 1.54) is 6.07 Å². The number of benzene rings is 1. The summed E-state index contributed by atoms with van der Waals surface area (Å²) in [6, 6.07) is 2.18. The third-order valence-corrected chi connectivity index (χ3v) is 4.61. The maximum Gasteiger partial charge on any atom is 0.255 e. The number of hydrogen-bond acceptors (Lipinski definition) is 3. The van der Waals surface area contributed by atoms with Gasteiger partial charge in [0.25, 0.3) is 5.91 Å². The van der Waals surface area contributed by atoms with E-state index in [0.29, 0.717) is 19.8 Å². The van der Waals surface area contributed by atoms with Gasteiger partial charge in [-0.3, -0.25) is 4.79 Å². The molecule has 0 bridgehead atoms. The first-order valence-electron chi connectivity index (χ1n) is 7.26. The molecule has 0 N–H and O–H groups in total. The molecule has 7 heteroatoms. The van der Waals surface area contributed by atoms with Crippen LogP contribution in [0.3, 0.4) is 0 Å².